The minimum Gasteiger partial charge on any atom is -0.373 e. The topological polar surface area (TPSA) is 12.5 Å². The summed E-state index contributed by atoms with van der Waals surface area (Å²) in [5.41, 5.74) is 0. The smallest absolute Gasteiger partial charge is 0.0841 e. The maximum Gasteiger partial charge on any atom is 0.0841 e. The Balaban J connectivity index is 1.98. The molecule has 12 heavy (non-hydrogen) atoms. The molecule has 1 rings (SSSR count). The molecule has 0 aliphatic carbocycles. The van der Waals surface area contributed by atoms with Crippen molar-refractivity contribution in [2.75, 3.05) is 6.61 Å². The molecule has 0 saturated carbocycles. The van der Waals surface area contributed by atoms with Gasteiger partial charge in [-0.25, -0.2) is 0 Å². The fourth-order valence-corrected chi connectivity index (χ4v) is 1.52. The number of epoxide rings is 1. The van der Waals surface area contributed by atoms with Gasteiger partial charge in [-0.2, -0.15) is 0 Å². The van der Waals surface area contributed by atoms with E-state index < -0.39 is 0 Å². The molecule has 1 heterocycles. The summed E-state index contributed by atoms with van der Waals surface area (Å²) in [5, 5.41) is 0. The quantitative estimate of drug-likeness (QED) is 0.533. The van der Waals surface area contributed by atoms with Gasteiger partial charge in [0.2, 0.25) is 0 Å². The average Bonchev–Trinajstić information content (AvgIpc) is 2.89. The Labute approximate surface area is 76.5 Å². The summed E-state index contributed by atoms with van der Waals surface area (Å²) in [6.45, 7) is 5.53. The maximum absolute atomic E-state index is 5.15. The zero-order chi connectivity index (χ0) is 8.81. The Bertz CT molecular complexity index is 108. The second-order valence-corrected chi connectivity index (χ2v) is 3.76. The van der Waals surface area contributed by atoms with Crippen LogP contribution < -0.4 is 0 Å². The molecule has 1 nitrogen and oxygen atoms in total. The fraction of sp³-hybridized carbons (Fsp3) is 0.909. The first-order valence-electron chi connectivity index (χ1n) is 5.31. The largest absolute Gasteiger partial charge is 0.373 e. The molecule has 1 radical (unpaired) electrons. The molecule has 1 saturated heterocycles. The Morgan fingerprint density at radius 3 is 2.75 bits per heavy atom. The summed E-state index contributed by atoms with van der Waals surface area (Å²) in [5.74, 6) is 0.911. The molecule has 1 heteroatoms. The first-order valence-corrected chi connectivity index (χ1v) is 5.31. The predicted molar refractivity (Wildman–Crippen MR) is 52.0 cm³/mol. The molecule has 0 bridgehead atoms. The van der Waals surface area contributed by atoms with Gasteiger partial charge in [0.15, 0.2) is 0 Å². The van der Waals surface area contributed by atoms with Crippen LogP contribution in [0.15, 0.2) is 0 Å². The van der Waals surface area contributed by atoms with Crippen LogP contribution in [0.5, 0.6) is 0 Å². The molecule has 71 valence electrons. The molecule has 0 amide bonds. The zero-order valence-electron chi connectivity index (χ0n) is 8.38. The minimum atomic E-state index is 0.515. The number of ether oxygens (including phenoxy) is 1. The van der Waals surface area contributed by atoms with E-state index in [4.69, 9.17) is 4.74 Å². The van der Waals surface area contributed by atoms with Crippen LogP contribution >= 0.6 is 0 Å². The molecule has 2 atom stereocenters. The van der Waals surface area contributed by atoms with Gasteiger partial charge in [-0.05, 0) is 18.8 Å². The van der Waals surface area contributed by atoms with Crippen LogP contribution in [0.4, 0.5) is 0 Å². The highest BCUT2D eigenvalue weighted by Crippen LogP contribution is 2.23. The number of hydrogen-bond donors (Lipinski definition) is 0. The number of hydrogen-bond acceptors (Lipinski definition) is 1. The van der Waals surface area contributed by atoms with Crippen LogP contribution in [0.25, 0.3) is 0 Å². The number of rotatable bonds is 7. The highest BCUT2D eigenvalue weighted by molar-refractivity contribution is 4.87. The van der Waals surface area contributed by atoms with Gasteiger partial charge in [-0.1, -0.05) is 39.5 Å². The molecule has 2 unspecified atom stereocenters. The molecule has 0 N–H and O–H groups in total. The lowest BCUT2D eigenvalue weighted by molar-refractivity contribution is 0.395. The third kappa shape index (κ3) is 4.10. The lowest BCUT2D eigenvalue weighted by Gasteiger charge is -2.12. The third-order valence-electron chi connectivity index (χ3n) is 2.63. The first-order chi connectivity index (χ1) is 5.86. The second kappa shape index (κ2) is 5.58. The van der Waals surface area contributed by atoms with Crippen molar-refractivity contribution in [2.24, 2.45) is 5.92 Å². The van der Waals surface area contributed by atoms with Gasteiger partial charge >= 0.3 is 0 Å². The van der Waals surface area contributed by atoms with Gasteiger partial charge in [0.1, 0.15) is 0 Å². The van der Waals surface area contributed by atoms with E-state index in [0.717, 1.165) is 12.5 Å². The summed E-state index contributed by atoms with van der Waals surface area (Å²) in [6.07, 6.45) is 9.57. The van der Waals surface area contributed by atoms with E-state index >= 15 is 0 Å². The Kier molecular flexibility index (Phi) is 4.67. The van der Waals surface area contributed by atoms with Crippen LogP contribution in [0, 0.1) is 12.3 Å². The maximum atomic E-state index is 5.15. The lowest BCUT2D eigenvalue weighted by atomic mass is 9.94. The van der Waals surface area contributed by atoms with E-state index in [2.05, 4.69) is 20.3 Å². The van der Waals surface area contributed by atoms with E-state index in [1.165, 1.54) is 32.1 Å². The SMILES string of the molecule is CCCCC(CC)C[CH]C1CO1. The van der Waals surface area contributed by atoms with Crippen LogP contribution in [-0.2, 0) is 4.74 Å². The third-order valence-corrected chi connectivity index (χ3v) is 2.63. The first kappa shape index (κ1) is 10.0. The zero-order valence-corrected chi connectivity index (χ0v) is 8.38. The lowest BCUT2D eigenvalue weighted by Crippen LogP contribution is -2.01. The average molecular weight is 169 g/mol. The van der Waals surface area contributed by atoms with Gasteiger partial charge in [0, 0.05) is 0 Å². The highest BCUT2D eigenvalue weighted by Gasteiger charge is 2.23. The summed E-state index contributed by atoms with van der Waals surface area (Å²) in [6, 6.07) is 0. The summed E-state index contributed by atoms with van der Waals surface area (Å²) in [7, 11) is 0. The molecular formula is C11H21O. The standard InChI is InChI=1S/C11H21O/c1-3-5-6-10(4-2)7-8-11-9-12-11/h8,10-11H,3-7,9H2,1-2H3. The van der Waals surface area contributed by atoms with Crippen molar-refractivity contribution in [3.05, 3.63) is 6.42 Å². The monoisotopic (exact) mass is 169 g/mol. The molecule has 1 aliphatic rings. The Morgan fingerprint density at radius 1 is 1.50 bits per heavy atom. The summed E-state index contributed by atoms with van der Waals surface area (Å²) in [4.78, 5) is 0. The number of unbranched alkanes of at least 4 members (excludes halogenated alkanes) is 1. The van der Waals surface area contributed by atoms with E-state index in [1.807, 2.05) is 0 Å². The molecule has 0 aromatic carbocycles. The van der Waals surface area contributed by atoms with Crippen molar-refractivity contribution in [3.8, 4) is 0 Å². The van der Waals surface area contributed by atoms with Gasteiger partial charge in [0.25, 0.3) is 0 Å². The normalized spacial score (nSPS) is 24.0. The Morgan fingerprint density at radius 2 is 2.25 bits per heavy atom. The van der Waals surface area contributed by atoms with Crippen molar-refractivity contribution >= 4 is 0 Å². The predicted octanol–water partition coefficient (Wildman–Crippen LogP) is 3.20. The second-order valence-electron chi connectivity index (χ2n) is 3.76. The minimum absolute atomic E-state index is 0.515. The molecule has 1 aliphatic heterocycles. The van der Waals surface area contributed by atoms with Crippen molar-refractivity contribution < 1.29 is 4.74 Å². The molecule has 0 spiro atoms. The van der Waals surface area contributed by atoms with E-state index in [-0.39, 0.29) is 0 Å². The fourth-order valence-electron chi connectivity index (χ4n) is 1.52. The van der Waals surface area contributed by atoms with Gasteiger partial charge in [-0.3, -0.25) is 0 Å². The van der Waals surface area contributed by atoms with E-state index in [0.29, 0.717) is 6.10 Å². The van der Waals surface area contributed by atoms with E-state index in [9.17, 15) is 0 Å². The van der Waals surface area contributed by atoms with Crippen LogP contribution in [0.3, 0.4) is 0 Å². The summed E-state index contributed by atoms with van der Waals surface area (Å²) < 4.78 is 5.15. The molecular weight excluding hydrogens is 148 g/mol. The summed E-state index contributed by atoms with van der Waals surface area (Å²) >= 11 is 0. The highest BCUT2D eigenvalue weighted by atomic mass is 16.6. The Hall–Kier alpha value is -0.0400. The van der Waals surface area contributed by atoms with Crippen molar-refractivity contribution in [1.29, 1.82) is 0 Å². The van der Waals surface area contributed by atoms with Crippen molar-refractivity contribution in [3.63, 3.8) is 0 Å². The van der Waals surface area contributed by atoms with Crippen molar-refractivity contribution in [1.82, 2.24) is 0 Å². The van der Waals surface area contributed by atoms with Crippen LogP contribution in [0.1, 0.15) is 46.0 Å². The molecule has 1 fully saturated rings. The van der Waals surface area contributed by atoms with E-state index in [1.54, 1.807) is 0 Å². The van der Waals surface area contributed by atoms with Gasteiger partial charge in [-0.15, -0.1) is 0 Å². The van der Waals surface area contributed by atoms with Gasteiger partial charge in [0.05, 0.1) is 12.7 Å². The molecule has 0 aromatic rings. The van der Waals surface area contributed by atoms with Gasteiger partial charge < -0.3 is 4.74 Å². The molecule has 0 aromatic heterocycles. The van der Waals surface area contributed by atoms with Crippen LogP contribution in [0.2, 0.25) is 0 Å². The van der Waals surface area contributed by atoms with Crippen LogP contribution in [-0.4, -0.2) is 12.7 Å². The van der Waals surface area contributed by atoms with Crippen molar-refractivity contribution in [2.45, 2.75) is 52.1 Å².